The van der Waals surface area contributed by atoms with Crippen molar-refractivity contribution >= 4 is 28.9 Å². The van der Waals surface area contributed by atoms with Crippen molar-refractivity contribution in [1.82, 2.24) is 4.90 Å². The van der Waals surface area contributed by atoms with Gasteiger partial charge in [-0.2, -0.15) is 0 Å². The molecule has 2 aromatic carbocycles. The average Bonchev–Trinajstić information content (AvgIpc) is 2.58. The molecule has 2 fully saturated rings. The molecule has 2 aromatic rings. The molecule has 2 aliphatic rings. The van der Waals surface area contributed by atoms with Crippen LogP contribution in [0.1, 0.15) is 37.8 Å². The Hall–Kier alpha value is -1.33. The molecule has 6 heteroatoms. The number of rotatable bonds is 4. The lowest BCUT2D eigenvalue weighted by Gasteiger charge is -2.44. The number of hydrogen-bond acceptors (Lipinski definition) is 3. The molecule has 2 saturated heterocycles. The van der Waals surface area contributed by atoms with Crippen molar-refractivity contribution < 1.29 is 9.50 Å². The van der Waals surface area contributed by atoms with Crippen molar-refractivity contribution in [2.75, 3.05) is 31.1 Å². The summed E-state index contributed by atoms with van der Waals surface area (Å²) >= 11 is 12.6. The van der Waals surface area contributed by atoms with Gasteiger partial charge in [-0.3, -0.25) is 4.90 Å². The summed E-state index contributed by atoms with van der Waals surface area (Å²) < 4.78 is 14.5. The highest BCUT2D eigenvalue weighted by molar-refractivity contribution is 6.36. The van der Waals surface area contributed by atoms with E-state index in [1.165, 1.54) is 0 Å². The molecule has 28 heavy (non-hydrogen) atoms. The molecule has 1 N–H and O–H groups in total. The standard InChI is InChI=1S/C20H21Cl2FN2O.C2H6/c1-20(26)11-24(12-20)8-13-5-6-15(7-18(13)23)25-9-14(10-25)19-16(21)3-2-4-17(19)22;1-2/h2-7,14,26H,8-12H2,1H3;1-2H3. The Labute approximate surface area is 176 Å². The first-order valence-electron chi connectivity index (χ1n) is 9.74. The van der Waals surface area contributed by atoms with Gasteiger partial charge in [0.2, 0.25) is 0 Å². The number of anilines is 1. The van der Waals surface area contributed by atoms with E-state index >= 15 is 0 Å². The van der Waals surface area contributed by atoms with E-state index < -0.39 is 5.60 Å². The van der Waals surface area contributed by atoms with Crippen LogP contribution in [0.5, 0.6) is 0 Å². The highest BCUT2D eigenvalue weighted by atomic mass is 35.5. The number of halogens is 3. The monoisotopic (exact) mass is 424 g/mol. The van der Waals surface area contributed by atoms with E-state index in [1.807, 2.05) is 49.1 Å². The molecule has 0 bridgehead atoms. The van der Waals surface area contributed by atoms with Crippen LogP contribution in [0.3, 0.4) is 0 Å². The van der Waals surface area contributed by atoms with Gasteiger partial charge in [0.05, 0.1) is 5.60 Å². The minimum Gasteiger partial charge on any atom is -0.388 e. The second-order valence-electron chi connectivity index (χ2n) is 7.66. The zero-order valence-electron chi connectivity index (χ0n) is 16.6. The summed E-state index contributed by atoms with van der Waals surface area (Å²) in [7, 11) is 0. The number of likely N-dealkylation sites (tertiary alicyclic amines) is 1. The fourth-order valence-electron chi connectivity index (χ4n) is 3.90. The summed E-state index contributed by atoms with van der Waals surface area (Å²) in [4.78, 5) is 4.17. The molecule has 152 valence electrons. The molecule has 0 aliphatic carbocycles. The van der Waals surface area contributed by atoms with Crippen molar-refractivity contribution in [3.8, 4) is 0 Å². The van der Waals surface area contributed by atoms with Crippen molar-refractivity contribution in [3.63, 3.8) is 0 Å². The third-order valence-corrected chi connectivity index (χ3v) is 5.87. The van der Waals surface area contributed by atoms with E-state index in [0.717, 1.165) is 24.3 Å². The van der Waals surface area contributed by atoms with Crippen LogP contribution in [-0.4, -0.2) is 41.8 Å². The van der Waals surface area contributed by atoms with Gasteiger partial charge in [0.15, 0.2) is 0 Å². The van der Waals surface area contributed by atoms with Gasteiger partial charge in [-0.05, 0) is 36.8 Å². The van der Waals surface area contributed by atoms with Crippen LogP contribution in [0, 0.1) is 5.82 Å². The summed E-state index contributed by atoms with van der Waals surface area (Å²) in [6.07, 6.45) is 0. The van der Waals surface area contributed by atoms with E-state index in [0.29, 0.717) is 35.2 Å². The molecule has 3 nitrogen and oxygen atoms in total. The predicted molar refractivity (Wildman–Crippen MR) is 115 cm³/mol. The third-order valence-electron chi connectivity index (χ3n) is 5.21. The van der Waals surface area contributed by atoms with Crippen LogP contribution in [0.25, 0.3) is 0 Å². The minimum absolute atomic E-state index is 0.201. The van der Waals surface area contributed by atoms with Crippen molar-refractivity contribution in [2.24, 2.45) is 0 Å². The molecule has 0 aromatic heterocycles. The first-order chi connectivity index (χ1) is 13.3. The van der Waals surface area contributed by atoms with Gasteiger partial charge in [0.25, 0.3) is 0 Å². The van der Waals surface area contributed by atoms with Gasteiger partial charge in [-0.1, -0.05) is 49.2 Å². The fourth-order valence-corrected chi connectivity index (χ4v) is 4.61. The van der Waals surface area contributed by atoms with E-state index in [1.54, 1.807) is 13.0 Å². The smallest absolute Gasteiger partial charge is 0.129 e. The van der Waals surface area contributed by atoms with Crippen LogP contribution in [0.2, 0.25) is 10.0 Å². The summed E-state index contributed by atoms with van der Waals surface area (Å²) in [6, 6.07) is 10.9. The number of nitrogens with zero attached hydrogens (tertiary/aromatic N) is 2. The van der Waals surface area contributed by atoms with Crippen LogP contribution in [-0.2, 0) is 6.54 Å². The summed E-state index contributed by atoms with van der Waals surface area (Å²) in [5, 5.41) is 11.2. The van der Waals surface area contributed by atoms with E-state index in [4.69, 9.17) is 23.2 Å². The molecular weight excluding hydrogens is 398 g/mol. The lowest BCUT2D eigenvalue weighted by Crippen LogP contribution is -2.59. The molecule has 0 unspecified atom stereocenters. The molecule has 0 spiro atoms. The molecule has 4 rings (SSSR count). The zero-order valence-corrected chi connectivity index (χ0v) is 18.1. The number of β-amino-alcohol motifs (C(OH)–C–C–N with tert-alkyl or cyclic N) is 1. The van der Waals surface area contributed by atoms with Crippen LogP contribution in [0.15, 0.2) is 36.4 Å². The van der Waals surface area contributed by atoms with Gasteiger partial charge in [-0.15, -0.1) is 0 Å². The average molecular weight is 425 g/mol. The second kappa shape index (κ2) is 8.58. The third kappa shape index (κ3) is 4.46. The SMILES string of the molecule is CC.CC1(O)CN(Cc2ccc(N3CC(c4c(Cl)cccc4Cl)C3)cc2F)C1. The minimum atomic E-state index is -0.636. The molecular formula is C22H27Cl2FN2O. The number of aliphatic hydroxyl groups is 1. The Morgan fingerprint density at radius 1 is 1.11 bits per heavy atom. The molecule has 2 heterocycles. The van der Waals surface area contributed by atoms with Crippen molar-refractivity contribution in [1.29, 1.82) is 0 Å². The van der Waals surface area contributed by atoms with Crippen molar-refractivity contribution in [3.05, 3.63) is 63.4 Å². The highest BCUT2D eigenvalue weighted by Gasteiger charge is 2.36. The lowest BCUT2D eigenvalue weighted by molar-refractivity contribution is -0.0874. The van der Waals surface area contributed by atoms with Gasteiger partial charge >= 0.3 is 0 Å². The maximum Gasteiger partial charge on any atom is 0.129 e. The first kappa shape index (κ1) is 21.4. The van der Waals surface area contributed by atoms with E-state index in [-0.39, 0.29) is 11.7 Å². The van der Waals surface area contributed by atoms with E-state index in [2.05, 4.69) is 4.90 Å². The van der Waals surface area contributed by atoms with Gasteiger partial charge in [0, 0.05) is 59.9 Å². The maximum absolute atomic E-state index is 14.5. The van der Waals surface area contributed by atoms with E-state index in [9.17, 15) is 9.50 Å². The largest absolute Gasteiger partial charge is 0.388 e. The summed E-state index contributed by atoms with van der Waals surface area (Å²) in [6.45, 7) is 9.05. The van der Waals surface area contributed by atoms with Crippen molar-refractivity contribution in [2.45, 2.75) is 38.8 Å². The van der Waals surface area contributed by atoms with Crippen LogP contribution in [0.4, 0.5) is 10.1 Å². The topological polar surface area (TPSA) is 26.7 Å². The Bertz CT molecular complexity index is 809. The Morgan fingerprint density at radius 2 is 1.71 bits per heavy atom. The molecule has 0 atom stereocenters. The molecule has 2 aliphatic heterocycles. The van der Waals surface area contributed by atoms with Gasteiger partial charge < -0.3 is 10.0 Å². The first-order valence-corrected chi connectivity index (χ1v) is 10.5. The van der Waals surface area contributed by atoms with Gasteiger partial charge in [0.1, 0.15) is 5.82 Å². The second-order valence-corrected chi connectivity index (χ2v) is 8.47. The quantitative estimate of drug-likeness (QED) is 0.718. The maximum atomic E-state index is 14.5. The molecule has 0 amide bonds. The zero-order chi connectivity index (χ0) is 20.5. The van der Waals surface area contributed by atoms with Crippen LogP contribution < -0.4 is 4.90 Å². The normalized spacial score (nSPS) is 18.8. The summed E-state index contributed by atoms with van der Waals surface area (Å²) in [5.41, 5.74) is 1.88. The Balaban J connectivity index is 0.00000109. The van der Waals surface area contributed by atoms with Crippen LogP contribution >= 0.6 is 23.2 Å². The summed E-state index contributed by atoms with van der Waals surface area (Å²) in [5.74, 6) is 0.0653. The number of hydrogen-bond donors (Lipinski definition) is 1. The predicted octanol–water partition coefficient (Wildman–Crippen LogP) is 5.33. The Morgan fingerprint density at radius 3 is 2.25 bits per heavy atom. The lowest BCUT2D eigenvalue weighted by atomic mass is 9.90. The number of benzene rings is 2. The van der Waals surface area contributed by atoms with Gasteiger partial charge in [-0.25, -0.2) is 4.39 Å². The molecule has 0 saturated carbocycles. The molecule has 0 radical (unpaired) electrons. The fraction of sp³-hybridized carbons (Fsp3) is 0.455. The highest BCUT2D eigenvalue weighted by Crippen LogP contribution is 2.39. The Kier molecular flexibility index (Phi) is 6.55.